The lowest BCUT2D eigenvalue weighted by Crippen LogP contribution is -2.38. The van der Waals surface area contributed by atoms with Crippen LogP contribution in [0, 0.1) is 0 Å². The van der Waals surface area contributed by atoms with Crippen LogP contribution >= 0.6 is 0 Å². The second-order valence-electron chi connectivity index (χ2n) is 8.93. The average Bonchev–Trinajstić information content (AvgIpc) is 3.29. The van der Waals surface area contributed by atoms with E-state index >= 15 is 0 Å². The summed E-state index contributed by atoms with van der Waals surface area (Å²) in [7, 11) is 0. The number of rotatable bonds is 5. The molecule has 0 unspecified atom stereocenters. The molecule has 4 heterocycles. The van der Waals surface area contributed by atoms with E-state index in [1.807, 2.05) is 17.0 Å². The molecular weight excluding hydrogens is 495 g/mol. The van der Waals surface area contributed by atoms with Gasteiger partial charge in [-0.3, -0.25) is 19.8 Å². The van der Waals surface area contributed by atoms with Crippen LogP contribution in [0.15, 0.2) is 55.0 Å². The number of nitrogens with zero attached hydrogens (tertiary/aromatic N) is 4. The summed E-state index contributed by atoms with van der Waals surface area (Å²) in [4.78, 5) is 22.9. The van der Waals surface area contributed by atoms with Crippen molar-refractivity contribution >= 4 is 22.6 Å². The van der Waals surface area contributed by atoms with Crippen LogP contribution in [0.25, 0.3) is 22.0 Å². The Labute approximate surface area is 207 Å². The number of amides is 1. The fourth-order valence-corrected chi connectivity index (χ4v) is 4.25. The minimum Gasteiger partial charge on any atom is -0.305 e. The van der Waals surface area contributed by atoms with Gasteiger partial charge in [-0.05, 0) is 41.5 Å². The van der Waals surface area contributed by atoms with Gasteiger partial charge in [-0.1, -0.05) is 6.07 Å². The first-order valence-corrected chi connectivity index (χ1v) is 11.4. The number of fused-ring (bicyclic) bond motifs is 1. The summed E-state index contributed by atoms with van der Waals surface area (Å²) in [6.45, 7) is 1.09. The smallest absolute Gasteiger partial charge is 0.305 e. The number of aromatic amines is 1. The van der Waals surface area contributed by atoms with Gasteiger partial charge in [0.1, 0.15) is 5.82 Å². The number of carbonyl (C=O) groups is 1. The van der Waals surface area contributed by atoms with Crippen molar-refractivity contribution in [1.82, 2.24) is 25.1 Å². The Hall–Kier alpha value is -3.93. The number of pyridine rings is 2. The van der Waals surface area contributed by atoms with Crippen molar-refractivity contribution < 1.29 is 26.7 Å². The summed E-state index contributed by atoms with van der Waals surface area (Å²) >= 11 is 0. The molecular formula is C25H21F5N6O. The second-order valence-corrected chi connectivity index (χ2v) is 8.93. The largest absolute Gasteiger partial charge is 0.416 e. The number of hydrogen-bond acceptors (Lipinski definition) is 5. The van der Waals surface area contributed by atoms with Gasteiger partial charge in [0.25, 0.3) is 11.8 Å². The molecule has 0 spiro atoms. The number of halogens is 5. The first-order chi connectivity index (χ1) is 17.6. The molecule has 0 aliphatic carbocycles. The zero-order valence-corrected chi connectivity index (χ0v) is 19.3. The van der Waals surface area contributed by atoms with Gasteiger partial charge in [-0.15, -0.1) is 0 Å². The second kappa shape index (κ2) is 9.51. The highest BCUT2D eigenvalue weighted by Gasteiger charge is 2.34. The number of H-pyrrole nitrogens is 1. The van der Waals surface area contributed by atoms with Crippen molar-refractivity contribution in [3.8, 4) is 11.1 Å². The van der Waals surface area contributed by atoms with Crippen LogP contribution in [0.4, 0.5) is 27.8 Å². The maximum atomic E-state index is 13.5. The van der Waals surface area contributed by atoms with Crippen LogP contribution < -0.4 is 5.32 Å². The van der Waals surface area contributed by atoms with Crippen LogP contribution in [0.3, 0.4) is 0 Å². The highest BCUT2D eigenvalue weighted by atomic mass is 19.4. The molecule has 0 bridgehead atoms. The Bertz CT molecular complexity index is 1440. The van der Waals surface area contributed by atoms with Crippen molar-refractivity contribution in [1.29, 1.82) is 0 Å². The zero-order valence-electron chi connectivity index (χ0n) is 19.3. The molecule has 0 saturated carbocycles. The van der Waals surface area contributed by atoms with Crippen molar-refractivity contribution in [2.75, 3.05) is 18.4 Å². The standard InChI is InChI=1S/C25H21F5N6O/c26-24(27)4-7-36(8-5-24)14-15-9-17(13-31-12-15)16-1-2-20-19(10-16)22(35-34-20)23(37)33-21-11-18(3-6-32-21)25(28,29)30/h1-3,6,9-13H,4-5,7-8,14H2,(H,34,35)(H,32,33,37). The van der Waals surface area contributed by atoms with E-state index in [1.54, 1.807) is 24.5 Å². The third kappa shape index (κ3) is 5.58. The summed E-state index contributed by atoms with van der Waals surface area (Å²) in [6.07, 6.45) is -0.599. The first-order valence-electron chi connectivity index (χ1n) is 11.4. The highest BCUT2D eigenvalue weighted by Crippen LogP contribution is 2.31. The van der Waals surface area contributed by atoms with E-state index in [2.05, 4.69) is 25.5 Å². The first kappa shape index (κ1) is 24.8. The molecule has 1 aliphatic rings. The number of hydrogen-bond donors (Lipinski definition) is 2. The lowest BCUT2D eigenvalue weighted by molar-refractivity contribution is -0.137. The molecule has 3 aromatic heterocycles. The summed E-state index contributed by atoms with van der Waals surface area (Å²) in [5.41, 5.74) is 1.98. The van der Waals surface area contributed by atoms with Crippen molar-refractivity contribution in [2.24, 2.45) is 0 Å². The van der Waals surface area contributed by atoms with Gasteiger partial charge < -0.3 is 5.32 Å². The molecule has 37 heavy (non-hydrogen) atoms. The van der Waals surface area contributed by atoms with E-state index < -0.39 is 23.6 Å². The quantitative estimate of drug-likeness (QED) is 0.341. The molecule has 12 heteroatoms. The monoisotopic (exact) mass is 516 g/mol. The van der Waals surface area contributed by atoms with E-state index in [4.69, 9.17) is 0 Å². The minimum absolute atomic E-state index is 0.00517. The summed E-state index contributed by atoms with van der Waals surface area (Å²) < 4.78 is 65.9. The Morgan fingerprint density at radius 3 is 2.59 bits per heavy atom. The van der Waals surface area contributed by atoms with Crippen molar-refractivity contribution in [3.05, 3.63) is 71.8 Å². The zero-order chi connectivity index (χ0) is 26.2. The highest BCUT2D eigenvalue weighted by molar-refractivity contribution is 6.11. The summed E-state index contributed by atoms with van der Waals surface area (Å²) in [6, 6.07) is 8.76. The van der Waals surface area contributed by atoms with Crippen molar-refractivity contribution in [3.63, 3.8) is 0 Å². The predicted octanol–water partition coefficient (Wildman–Crippen LogP) is 5.52. The topological polar surface area (TPSA) is 86.8 Å². The van der Waals surface area contributed by atoms with Crippen LogP contribution in [0.2, 0.25) is 0 Å². The van der Waals surface area contributed by atoms with E-state index in [1.165, 1.54) is 0 Å². The number of anilines is 1. The predicted molar refractivity (Wildman–Crippen MR) is 126 cm³/mol. The van der Waals surface area contributed by atoms with E-state index in [0.29, 0.717) is 30.5 Å². The van der Waals surface area contributed by atoms with E-state index in [0.717, 1.165) is 35.0 Å². The van der Waals surface area contributed by atoms with Gasteiger partial charge in [-0.25, -0.2) is 13.8 Å². The van der Waals surface area contributed by atoms with Crippen LogP contribution in [-0.2, 0) is 12.7 Å². The average molecular weight is 516 g/mol. The SMILES string of the molecule is O=C(Nc1cc(C(F)(F)F)ccn1)c1n[nH]c2ccc(-c3cncc(CN4CCC(F)(F)CC4)c3)cc12. The van der Waals surface area contributed by atoms with Crippen molar-refractivity contribution in [2.45, 2.75) is 31.5 Å². The van der Waals surface area contributed by atoms with Crippen LogP contribution in [0.5, 0.6) is 0 Å². The maximum absolute atomic E-state index is 13.5. The van der Waals surface area contributed by atoms with E-state index in [-0.39, 0.29) is 24.4 Å². The van der Waals surface area contributed by atoms with Gasteiger partial charge >= 0.3 is 6.18 Å². The lowest BCUT2D eigenvalue weighted by Gasteiger charge is -2.31. The molecule has 5 rings (SSSR count). The van der Waals surface area contributed by atoms with Gasteiger partial charge in [0.15, 0.2) is 5.69 Å². The molecule has 2 N–H and O–H groups in total. The minimum atomic E-state index is -4.57. The number of benzene rings is 1. The number of carbonyl (C=O) groups excluding carboxylic acids is 1. The third-order valence-electron chi connectivity index (χ3n) is 6.23. The van der Waals surface area contributed by atoms with E-state index in [9.17, 15) is 26.7 Å². The number of likely N-dealkylation sites (tertiary alicyclic amines) is 1. The maximum Gasteiger partial charge on any atom is 0.416 e. The lowest BCUT2D eigenvalue weighted by atomic mass is 10.0. The van der Waals surface area contributed by atoms with Gasteiger partial charge in [0.05, 0.1) is 11.1 Å². The molecule has 1 fully saturated rings. The molecule has 1 aliphatic heterocycles. The van der Waals surface area contributed by atoms with Crippen LogP contribution in [-0.4, -0.2) is 50.0 Å². The van der Waals surface area contributed by atoms with Gasteiger partial charge in [0.2, 0.25) is 0 Å². The molecule has 1 amide bonds. The Morgan fingerprint density at radius 2 is 1.84 bits per heavy atom. The summed E-state index contributed by atoms with van der Waals surface area (Å²) in [5, 5.41) is 9.61. The molecule has 4 aromatic rings. The third-order valence-corrected chi connectivity index (χ3v) is 6.23. The van der Waals surface area contributed by atoms with Gasteiger partial charge in [0, 0.05) is 62.0 Å². The molecule has 0 atom stereocenters. The number of aromatic nitrogens is 4. The van der Waals surface area contributed by atoms with Crippen LogP contribution in [0.1, 0.15) is 34.5 Å². The van der Waals surface area contributed by atoms with Gasteiger partial charge in [-0.2, -0.15) is 18.3 Å². The Kier molecular flexibility index (Phi) is 6.36. The molecule has 1 saturated heterocycles. The normalized spacial score (nSPS) is 16.1. The number of piperidine rings is 1. The Balaban J connectivity index is 1.36. The molecule has 7 nitrogen and oxygen atoms in total. The number of nitrogens with one attached hydrogen (secondary N) is 2. The molecule has 0 radical (unpaired) electrons. The fraction of sp³-hybridized carbons (Fsp3) is 0.280. The fourth-order valence-electron chi connectivity index (χ4n) is 4.25. The Morgan fingerprint density at radius 1 is 1.05 bits per heavy atom. The molecule has 192 valence electrons. The number of alkyl halides is 5. The molecule has 1 aromatic carbocycles. The summed E-state index contributed by atoms with van der Waals surface area (Å²) in [5.74, 6) is -3.58.